The minimum absolute atomic E-state index is 0.244. The summed E-state index contributed by atoms with van der Waals surface area (Å²) in [4.78, 5) is 12.7. The van der Waals surface area contributed by atoms with Gasteiger partial charge in [-0.1, -0.05) is 6.92 Å². The second-order valence-corrected chi connectivity index (χ2v) is 9.00. The van der Waals surface area contributed by atoms with Crippen molar-refractivity contribution < 1.29 is 32.2 Å². The van der Waals surface area contributed by atoms with E-state index in [2.05, 4.69) is 5.32 Å². The number of rotatable bonds is 11. The predicted octanol–water partition coefficient (Wildman–Crippen LogP) is 2.58. The molecule has 0 heterocycles. The zero-order valence-electron chi connectivity index (χ0n) is 19.2. The number of sulfonamides is 1. The first-order valence-corrected chi connectivity index (χ1v) is 11.8. The molecule has 1 unspecified atom stereocenters. The first-order chi connectivity index (χ1) is 15.1. The quantitative estimate of drug-likeness (QED) is 0.543. The van der Waals surface area contributed by atoms with E-state index < -0.39 is 16.1 Å². The largest absolute Gasteiger partial charge is 0.493 e. The molecule has 0 saturated carbocycles. The average molecular weight is 467 g/mol. The van der Waals surface area contributed by atoms with Crippen LogP contribution in [0.4, 0.5) is 5.69 Å². The summed E-state index contributed by atoms with van der Waals surface area (Å²) in [5.41, 5.74) is 1.27. The molecule has 0 bridgehead atoms. The average Bonchev–Trinajstić information content (AvgIpc) is 2.79. The molecule has 1 N–H and O–H groups in total. The van der Waals surface area contributed by atoms with Crippen LogP contribution in [-0.4, -0.2) is 55.1 Å². The molecular formula is C22H30N2O7S. The smallest absolute Gasteiger partial charge is 0.261 e. The van der Waals surface area contributed by atoms with Gasteiger partial charge in [0, 0.05) is 13.6 Å². The second-order valence-electron chi connectivity index (χ2n) is 6.99. The number of nitrogens with one attached hydrogen (secondary N) is 1. The fourth-order valence-corrected chi connectivity index (χ4v) is 3.46. The summed E-state index contributed by atoms with van der Waals surface area (Å²) in [6.45, 7) is 2.09. The van der Waals surface area contributed by atoms with Crippen LogP contribution >= 0.6 is 0 Å². The second kappa shape index (κ2) is 10.9. The Balaban J connectivity index is 2.06. The minimum Gasteiger partial charge on any atom is -0.493 e. The maximum Gasteiger partial charge on any atom is 0.261 e. The van der Waals surface area contributed by atoms with Crippen molar-refractivity contribution in [1.29, 1.82) is 0 Å². The number of hydrogen-bond acceptors (Lipinski definition) is 7. The van der Waals surface area contributed by atoms with Gasteiger partial charge in [0.1, 0.15) is 5.75 Å². The van der Waals surface area contributed by atoms with Crippen molar-refractivity contribution in [1.82, 2.24) is 5.32 Å². The number of carbonyl (C=O) groups is 1. The highest BCUT2D eigenvalue weighted by molar-refractivity contribution is 7.92. The van der Waals surface area contributed by atoms with E-state index in [1.807, 2.05) is 6.92 Å². The Morgan fingerprint density at radius 3 is 2.03 bits per heavy atom. The number of anilines is 1. The lowest BCUT2D eigenvalue weighted by atomic mass is 10.1. The van der Waals surface area contributed by atoms with Crippen LogP contribution in [0.25, 0.3) is 0 Å². The van der Waals surface area contributed by atoms with Gasteiger partial charge in [0.25, 0.3) is 5.91 Å². The van der Waals surface area contributed by atoms with E-state index >= 15 is 0 Å². The minimum atomic E-state index is -3.36. The normalized spacial score (nSPS) is 11.9. The Labute approximate surface area is 189 Å². The number of methoxy groups -OCH3 is 3. The summed E-state index contributed by atoms with van der Waals surface area (Å²) >= 11 is 0. The molecule has 176 valence electrons. The maximum atomic E-state index is 12.7. The molecule has 1 atom stereocenters. The molecule has 32 heavy (non-hydrogen) atoms. The molecule has 0 fully saturated rings. The van der Waals surface area contributed by atoms with E-state index in [1.54, 1.807) is 36.4 Å². The van der Waals surface area contributed by atoms with Gasteiger partial charge in [-0.3, -0.25) is 9.10 Å². The van der Waals surface area contributed by atoms with Gasteiger partial charge < -0.3 is 24.3 Å². The van der Waals surface area contributed by atoms with Gasteiger partial charge in [0.2, 0.25) is 15.8 Å². The molecule has 2 aromatic rings. The third-order valence-electron chi connectivity index (χ3n) is 4.83. The van der Waals surface area contributed by atoms with Crippen molar-refractivity contribution >= 4 is 21.6 Å². The number of amides is 1. The van der Waals surface area contributed by atoms with Crippen molar-refractivity contribution in [3.05, 3.63) is 42.0 Å². The van der Waals surface area contributed by atoms with Crippen LogP contribution in [-0.2, 0) is 21.4 Å². The zero-order valence-corrected chi connectivity index (χ0v) is 20.0. The van der Waals surface area contributed by atoms with Crippen LogP contribution in [0.2, 0.25) is 0 Å². The highest BCUT2D eigenvalue weighted by atomic mass is 32.2. The third-order valence-corrected chi connectivity index (χ3v) is 6.04. The van der Waals surface area contributed by atoms with E-state index in [0.29, 0.717) is 35.1 Å². The Morgan fingerprint density at radius 1 is 1.03 bits per heavy atom. The Hall–Kier alpha value is -3.14. The summed E-state index contributed by atoms with van der Waals surface area (Å²) in [6, 6.07) is 10.0. The molecule has 0 aromatic heterocycles. The predicted molar refractivity (Wildman–Crippen MR) is 122 cm³/mol. The summed E-state index contributed by atoms with van der Waals surface area (Å²) < 4.78 is 46.3. The molecule has 0 aliphatic heterocycles. The fraction of sp³-hybridized carbons (Fsp3) is 0.409. The van der Waals surface area contributed by atoms with Crippen LogP contribution in [0, 0.1) is 0 Å². The van der Waals surface area contributed by atoms with Gasteiger partial charge in [-0.15, -0.1) is 0 Å². The first kappa shape index (κ1) is 25.1. The molecule has 9 nitrogen and oxygen atoms in total. The lowest BCUT2D eigenvalue weighted by Gasteiger charge is -2.20. The van der Waals surface area contributed by atoms with Gasteiger partial charge in [0.15, 0.2) is 17.6 Å². The highest BCUT2D eigenvalue weighted by Gasteiger charge is 2.20. The summed E-state index contributed by atoms with van der Waals surface area (Å²) in [5, 5.41) is 2.86. The molecular weight excluding hydrogens is 436 g/mol. The topological polar surface area (TPSA) is 103 Å². The van der Waals surface area contributed by atoms with Gasteiger partial charge >= 0.3 is 0 Å². The molecule has 0 aliphatic rings. The molecule has 1 amide bonds. The van der Waals surface area contributed by atoms with Crippen LogP contribution < -0.4 is 28.6 Å². The third kappa shape index (κ3) is 6.19. The van der Waals surface area contributed by atoms with E-state index in [9.17, 15) is 13.2 Å². The van der Waals surface area contributed by atoms with Crippen molar-refractivity contribution in [2.24, 2.45) is 0 Å². The monoisotopic (exact) mass is 466 g/mol. The van der Waals surface area contributed by atoms with Gasteiger partial charge in [0.05, 0.1) is 33.3 Å². The summed E-state index contributed by atoms with van der Waals surface area (Å²) in [7, 11) is 2.69. The molecule has 2 rings (SSSR count). The Bertz CT molecular complexity index is 998. The van der Waals surface area contributed by atoms with E-state index in [4.69, 9.17) is 18.9 Å². The highest BCUT2D eigenvalue weighted by Crippen LogP contribution is 2.38. The summed E-state index contributed by atoms with van der Waals surface area (Å²) in [5.74, 6) is 1.66. The molecule has 2 aromatic carbocycles. The van der Waals surface area contributed by atoms with Crippen LogP contribution in [0.15, 0.2) is 36.4 Å². The SMILES string of the molecule is CCC(Oc1ccc(N(C)S(C)(=O)=O)cc1)C(=O)NCc1cc(OC)c(OC)c(OC)c1. The first-order valence-electron chi connectivity index (χ1n) is 9.91. The lowest BCUT2D eigenvalue weighted by molar-refractivity contribution is -0.128. The number of carbonyl (C=O) groups excluding carboxylic acids is 1. The number of nitrogens with zero attached hydrogens (tertiary/aromatic N) is 1. The van der Waals surface area contributed by atoms with E-state index in [0.717, 1.165) is 16.1 Å². The maximum absolute atomic E-state index is 12.7. The van der Waals surface area contributed by atoms with Crippen molar-refractivity contribution in [3.8, 4) is 23.0 Å². The van der Waals surface area contributed by atoms with Crippen molar-refractivity contribution in [3.63, 3.8) is 0 Å². The molecule has 0 radical (unpaired) electrons. The van der Waals surface area contributed by atoms with Crippen LogP contribution in [0.3, 0.4) is 0 Å². The molecule has 0 saturated heterocycles. The van der Waals surface area contributed by atoms with E-state index in [-0.39, 0.29) is 12.5 Å². The summed E-state index contributed by atoms with van der Waals surface area (Å²) in [6.07, 6.45) is 0.866. The fourth-order valence-electron chi connectivity index (χ4n) is 2.95. The number of hydrogen-bond donors (Lipinski definition) is 1. The standard InChI is InChI=1S/C22H30N2O7S/c1-7-18(31-17-10-8-16(9-11-17)24(2)32(6,26)27)22(25)23-14-15-12-19(28-3)21(30-5)20(13-15)29-4/h8-13,18H,7,14H2,1-6H3,(H,23,25). The lowest BCUT2D eigenvalue weighted by Crippen LogP contribution is -2.37. The van der Waals surface area contributed by atoms with Crippen LogP contribution in [0.5, 0.6) is 23.0 Å². The number of benzene rings is 2. The number of ether oxygens (including phenoxy) is 4. The zero-order chi connectivity index (χ0) is 23.9. The Morgan fingerprint density at radius 2 is 1.59 bits per heavy atom. The molecule has 0 aliphatic carbocycles. The molecule has 0 spiro atoms. The van der Waals surface area contributed by atoms with Crippen molar-refractivity contribution in [2.45, 2.75) is 26.0 Å². The van der Waals surface area contributed by atoms with Crippen molar-refractivity contribution in [2.75, 3.05) is 38.9 Å². The van der Waals surface area contributed by atoms with Gasteiger partial charge in [-0.05, 0) is 48.4 Å². The Kier molecular flexibility index (Phi) is 8.59. The van der Waals surface area contributed by atoms with Gasteiger partial charge in [-0.25, -0.2) is 8.42 Å². The van der Waals surface area contributed by atoms with Crippen LogP contribution in [0.1, 0.15) is 18.9 Å². The van der Waals surface area contributed by atoms with Gasteiger partial charge in [-0.2, -0.15) is 0 Å². The molecule has 10 heteroatoms. The van der Waals surface area contributed by atoms with E-state index in [1.165, 1.54) is 28.4 Å².